The Morgan fingerprint density at radius 1 is 1.23 bits per heavy atom. The van der Waals surface area contributed by atoms with E-state index in [1.165, 1.54) is 0 Å². The second-order valence-corrected chi connectivity index (χ2v) is 6.30. The molecular weight excluding hydrogens is 296 g/mol. The summed E-state index contributed by atoms with van der Waals surface area (Å²) >= 11 is 1.54. The van der Waals surface area contributed by atoms with Crippen LogP contribution in [0.2, 0.25) is 0 Å². The van der Waals surface area contributed by atoms with Crippen LogP contribution in [-0.4, -0.2) is 28.3 Å². The third kappa shape index (κ3) is 5.16. The lowest BCUT2D eigenvalue weighted by atomic mass is 9.96. The fourth-order valence-corrected chi connectivity index (χ4v) is 2.75. The van der Waals surface area contributed by atoms with E-state index in [1.54, 1.807) is 24.9 Å². The van der Waals surface area contributed by atoms with Crippen LogP contribution < -0.4 is 5.32 Å². The minimum absolute atomic E-state index is 0.0698. The van der Waals surface area contributed by atoms with Gasteiger partial charge in [-0.25, -0.2) is 4.98 Å². The molecule has 0 spiro atoms. The highest BCUT2D eigenvalue weighted by atomic mass is 32.2. The van der Waals surface area contributed by atoms with Crippen LogP contribution in [0.15, 0.2) is 59.8 Å². The van der Waals surface area contributed by atoms with Gasteiger partial charge in [-0.2, -0.15) is 0 Å². The van der Waals surface area contributed by atoms with Gasteiger partial charge in [-0.1, -0.05) is 36.4 Å². The van der Waals surface area contributed by atoms with E-state index in [0.717, 1.165) is 10.6 Å². The molecule has 2 aromatic rings. The average Bonchev–Trinajstić information content (AvgIpc) is 2.55. The lowest BCUT2D eigenvalue weighted by molar-refractivity contribution is -0.121. The summed E-state index contributed by atoms with van der Waals surface area (Å²) in [5.41, 5.74) is -0.274. The largest absolute Gasteiger partial charge is 0.384 e. The first-order valence-corrected chi connectivity index (χ1v) is 8.15. The Morgan fingerprint density at radius 3 is 2.64 bits per heavy atom. The van der Waals surface area contributed by atoms with Crippen molar-refractivity contribution in [1.29, 1.82) is 0 Å². The molecule has 1 heterocycles. The normalized spacial score (nSPS) is 13.4. The number of carbonyl (C=O) groups is 1. The fourth-order valence-electron chi connectivity index (χ4n) is 1.94. The highest BCUT2D eigenvalue weighted by Crippen LogP contribution is 2.19. The van der Waals surface area contributed by atoms with Crippen LogP contribution in [0.25, 0.3) is 0 Å². The zero-order chi connectivity index (χ0) is 15.8. The molecule has 1 aromatic heterocycles. The summed E-state index contributed by atoms with van der Waals surface area (Å²) in [5.74, 6) is 0.593. The number of aromatic nitrogens is 1. The van der Waals surface area contributed by atoms with Gasteiger partial charge in [-0.05, 0) is 24.6 Å². The molecule has 0 saturated heterocycles. The molecule has 0 fully saturated rings. The van der Waals surface area contributed by atoms with Crippen molar-refractivity contribution in [3.8, 4) is 0 Å². The Labute approximate surface area is 135 Å². The van der Waals surface area contributed by atoms with Crippen LogP contribution in [0.4, 0.5) is 0 Å². The first-order chi connectivity index (χ1) is 10.6. The molecule has 4 nitrogen and oxygen atoms in total. The van der Waals surface area contributed by atoms with Gasteiger partial charge in [0, 0.05) is 18.4 Å². The smallest absolute Gasteiger partial charge is 0.220 e. The van der Waals surface area contributed by atoms with Gasteiger partial charge in [-0.15, -0.1) is 11.8 Å². The number of amides is 1. The minimum atomic E-state index is -1.06. The molecule has 2 rings (SSSR count). The summed E-state index contributed by atoms with van der Waals surface area (Å²) in [6.45, 7) is 1.90. The highest BCUT2D eigenvalue weighted by molar-refractivity contribution is 7.99. The molecule has 1 amide bonds. The van der Waals surface area contributed by atoms with Crippen LogP contribution in [0, 0.1) is 0 Å². The maximum atomic E-state index is 11.9. The van der Waals surface area contributed by atoms with Crippen molar-refractivity contribution >= 4 is 17.7 Å². The predicted octanol–water partition coefficient (Wildman–Crippen LogP) is 2.59. The second kappa shape index (κ2) is 7.96. The molecule has 2 N–H and O–H groups in total. The van der Waals surface area contributed by atoms with Crippen molar-refractivity contribution in [3.05, 3.63) is 60.3 Å². The number of aliphatic hydroxyl groups is 1. The summed E-state index contributed by atoms with van der Waals surface area (Å²) in [4.78, 5) is 16.0. The Bertz CT molecular complexity index is 588. The number of benzene rings is 1. The molecule has 1 unspecified atom stereocenters. The Morgan fingerprint density at radius 2 is 1.95 bits per heavy atom. The molecule has 0 bridgehead atoms. The van der Waals surface area contributed by atoms with E-state index in [4.69, 9.17) is 0 Å². The first-order valence-electron chi connectivity index (χ1n) is 7.16. The number of hydrogen-bond acceptors (Lipinski definition) is 4. The zero-order valence-electron chi connectivity index (χ0n) is 12.5. The lowest BCUT2D eigenvalue weighted by Gasteiger charge is -2.24. The number of nitrogens with zero attached hydrogens (tertiary/aromatic N) is 1. The van der Waals surface area contributed by atoms with E-state index in [0.29, 0.717) is 12.2 Å². The van der Waals surface area contributed by atoms with Gasteiger partial charge >= 0.3 is 0 Å². The topological polar surface area (TPSA) is 62.2 Å². The Balaban J connectivity index is 1.73. The summed E-state index contributed by atoms with van der Waals surface area (Å²) in [6.07, 6.45) is 2.13. The van der Waals surface area contributed by atoms with Crippen LogP contribution in [0.1, 0.15) is 18.9 Å². The van der Waals surface area contributed by atoms with Crippen LogP contribution in [0.3, 0.4) is 0 Å². The van der Waals surface area contributed by atoms with Crippen molar-refractivity contribution < 1.29 is 9.90 Å². The average molecular weight is 316 g/mol. The third-order valence-corrected chi connectivity index (χ3v) is 4.19. The predicted molar refractivity (Wildman–Crippen MR) is 88.6 cm³/mol. The van der Waals surface area contributed by atoms with Crippen LogP contribution >= 0.6 is 11.8 Å². The van der Waals surface area contributed by atoms with Gasteiger partial charge in [0.2, 0.25) is 5.91 Å². The van der Waals surface area contributed by atoms with E-state index in [-0.39, 0.29) is 12.5 Å². The number of rotatable bonds is 7. The van der Waals surface area contributed by atoms with Gasteiger partial charge < -0.3 is 10.4 Å². The second-order valence-electron chi connectivity index (χ2n) is 5.18. The summed E-state index contributed by atoms with van der Waals surface area (Å²) in [5, 5.41) is 14.1. The maximum absolute atomic E-state index is 11.9. The van der Waals surface area contributed by atoms with Gasteiger partial charge in [0.25, 0.3) is 0 Å². The van der Waals surface area contributed by atoms with E-state index in [1.807, 2.05) is 48.5 Å². The van der Waals surface area contributed by atoms with Crippen LogP contribution in [0.5, 0.6) is 0 Å². The summed E-state index contributed by atoms with van der Waals surface area (Å²) < 4.78 is 0. The minimum Gasteiger partial charge on any atom is -0.384 e. The van der Waals surface area contributed by atoms with Crippen molar-refractivity contribution in [2.24, 2.45) is 0 Å². The lowest BCUT2D eigenvalue weighted by Crippen LogP contribution is -2.38. The summed E-state index contributed by atoms with van der Waals surface area (Å²) in [6, 6.07) is 15.0. The third-order valence-electron chi connectivity index (χ3n) is 3.24. The number of pyridine rings is 1. The molecule has 1 aromatic carbocycles. The number of hydrogen-bond donors (Lipinski definition) is 2. The number of carbonyl (C=O) groups excluding carboxylic acids is 1. The standard InChI is InChI=1S/C17H20N2O2S/c1-17(21,14-7-3-2-4-8-14)13-19-15(20)10-12-22-16-9-5-6-11-18-16/h2-9,11,21H,10,12-13H2,1H3,(H,19,20). The van der Waals surface area contributed by atoms with Crippen LogP contribution in [-0.2, 0) is 10.4 Å². The molecular formula is C17H20N2O2S. The Hall–Kier alpha value is -1.85. The molecule has 0 aliphatic carbocycles. The van der Waals surface area contributed by atoms with Gasteiger partial charge in [0.15, 0.2) is 0 Å². The van der Waals surface area contributed by atoms with Gasteiger partial charge in [0.05, 0.1) is 11.6 Å². The zero-order valence-corrected chi connectivity index (χ0v) is 13.3. The fraction of sp³-hybridized carbons (Fsp3) is 0.294. The molecule has 0 aliphatic heterocycles. The maximum Gasteiger partial charge on any atom is 0.220 e. The molecule has 116 valence electrons. The highest BCUT2D eigenvalue weighted by Gasteiger charge is 2.23. The quantitative estimate of drug-likeness (QED) is 0.771. The van der Waals surface area contributed by atoms with E-state index >= 15 is 0 Å². The molecule has 0 aliphatic rings. The monoisotopic (exact) mass is 316 g/mol. The molecule has 1 atom stereocenters. The Kier molecular flexibility index (Phi) is 5.98. The van der Waals surface area contributed by atoms with E-state index < -0.39 is 5.60 Å². The van der Waals surface area contributed by atoms with Crippen molar-refractivity contribution in [2.75, 3.05) is 12.3 Å². The molecule has 0 saturated carbocycles. The molecule has 0 radical (unpaired) electrons. The number of thioether (sulfide) groups is 1. The SMILES string of the molecule is CC(O)(CNC(=O)CCSc1ccccn1)c1ccccc1. The molecule has 5 heteroatoms. The molecule has 22 heavy (non-hydrogen) atoms. The van der Waals surface area contributed by atoms with E-state index in [9.17, 15) is 9.90 Å². The van der Waals surface area contributed by atoms with Gasteiger partial charge in [-0.3, -0.25) is 4.79 Å². The van der Waals surface area contributed by atoms with Crippen molar-refractivity contribution in [1.82, 2.24) is 10.3 Å². The summed E-state index contributed by atoms with van der Waals surface area (Å²) in [7, 11) is 0. The van der Waals surface area contributed by atoms with Gasteiger partial charge in [0.1, 0.15) is 5.60 Å². The number of nitrogens with one attached hydrogen (secondary N) is 1. The van der Waals surface area contributed by atoms with E-state index in [2.05, 4.69) is 10.3 Å². The van der Waals surface area contributed by atoms with Crippen molar-refractivity contribution in [2.45, 2.75) is 24.0 Å². The van der Waals surface area contributed by atoms with Crippen molar-refractivity contribution in [3.63, 3.8) is 0 Å². The first kappa shape index (κ1) is 16.5.